The largest absolute Gasteiger partial charge is 0.399 e. The van der Waals surface area contributed by atoms with Crippen molar-refractivity contribution < 1.29 is 4.79 Å². The van der Waals surface area contributed by atoms with Crippen LogP contribution in [0.5, 0.6) is 0 Å². The van der Waals surface area contributed by atoms with E-state index in [-0.39, 0.29) is 0 Å². The molecule has 1 aliphatic heterocycles. The Hall–Kier alpha value is -1.51. The lowest BCUT2D eigenvalue weighted by atomic mass is 10.1. The number of carbonyl (C=O) groups excluding carboxylic acids is 1. The third-order valence-corrected chi connectivity index (χ3v) is 3.57. The summed E-state index contributed by atoms with van der Waals surface area (Å²) in [7, 11) is 0. The highest BCUT2D eigenvalue weighted by atomic mass is 16.2. The number of anilines is 1. The summed E-state index contributed by atoms with van der Waals surface area (Å²) in [6.45, 7) is 1.89. The number of benzene rings is 1. The van der Waals surface area contributed by atoms with Gasteiger partial charge in [0.25, 0.3) is 0 Å². The Labute approximate surface area is 109 Å². The summed E-state index contributed by atoms with van der Waals surface area (Å²) < 4.78 is 0. The van der Waals surface area contributed by atoms with Crippen molar-refractivity contribution in [1.82, 2.24) is 4.90 Å². The fourth-order valence-electron chi connectivity index (χ4n) is 2.41. The maximum atomic E-state index is 12.1. The normalized spacial score (nSPS) is 16.3. The quantitative estimate of drug-likeness (QED) is 0.833. The van der Waals surface area contributed by atoms with Crippen LogP contribution in [0.1, 0.15) is 37.7 Å². The molecule has 0 atom stereocenters. The van der Waals surface area contributed by atoms with Gasteiger partial charge >= 0.3 is 0 Å². The van der Waals surface area contributed by atoms with Gasteiger partial charge in [-0.3, -0.25) is 4.79 Å². The maximum Gasteiger partial charge on any atom is 0.222 e. The minimum Gasteiger partial charge on any atom is -0.399 e. The van der Waals surface area contributed by atoms with Gasteiger partial charge in [-0.2, -0.15) is 0 Å². The molecule has 1 saturated heterocycles. The fourth-order valence-corrected chi connectivity index (χ4v) is 2.41. The molecule has 2 rings (SSSR count). The molecule has 3 heteroatoms. The molecule has 1 heterocycles. The van der Waals surface area contributed by atoms with E-state index in [2.05, 4.69) is 0 Å². The number of likely N-dealkylation sites (tertiary alicyclic amines) is 1. The van der Waals surface area contributed by atoms with Gasteiger partial charge in [0.15, 0.2) is 0 Å². The second-order valence-corrected chi connectivity index (χ2v) is 5.04. The zero-order valence-electron chi connectivity index (χ0n) is 10.9. The SMILES string of the molecule is Nc1ccc(CCC(=O)N2CCCCCC2)cc1. The van der Waals surface area contributed by atoms with Crippen LogP contribution in [0.3, 0.4) is 0 Å². The molecule has 1 fully saturated rings. The van der Waals surface area contributed by atoms with Crippen molar-refractivity contribution in [2.75, 3.05) is 18.8 Å². The predicted octanol–water partition coefficient (Wildman–Crippen LogP) is 2.60. The van der Waals surface area contributed by atoms with E-state index in [0.717, 1.165) is 38.0 Å². The highest BCUT2D eigenvalue weighted by Gasteiger charge is 2.14. The van der Waals surface area contributed by atoms with Crippen LogP contribution in [0, 0.1) is 0 Å². The number of hydrogen-bond acceptors (Lipinski definition) is 2. The van der Waals surface area contributed by atoms with Gasteiger partial charge in [-0.1, -0.05) is 25.0 Å². The van der Waals surface area contributed by atoms with Gasteiger partial charge in [-0.15, -0.1) is 0 Å². The van der Waals surface area contributed by atoms with E-state index in [4.69, 9.17) is 5.73 Å². The van der Waals surface area contributed by atoms with Gasteiger partial charge in [0.05, 0.1) is 0 Å². The van der Waals surface area contributed by atoms with Crippen LogP contribution in [0.4, 0.5) is 5.69 Å². The summed E-state index contributed by atoms with van der Waals surface area (Å²) in [4.78, 5) is 14.1. The van der Waals surface area contributed by atoms with E-state index < -0.39 is 0 Å². The third-order valence-electron chi connectivity index (χ3n) is 3.57. The Morgan fingerprint density at radius 3 is 2.28 bits per heavy atom. The van der Waals surface area contributed by atoms with Crippen molar-refractivity contribution in [3.8, 4) is 0 Å². The lowest BCUT2D eigenvalue weighted by Gasteiger charge is -2.20. The zero-order chi connectivity index (χ0) is 12.8. The molecule has 1 aromatic rings. The Balaban J connectivity index is 1.81. The van der Waals surface area contributed by atoms with E-state index in [0.29, 0.717) is 12.3 Å². The fraction of sp³-hybridized carbons (Fsp3) is 0.533. The molecule has 0 bridgehead atoms. The van der Waals surface area contributed by atoms with Gasteiger partial charge in [0, 0.05) is 25.2 Å². The molecule has 1 aromatic carbocycles. The number of nitrogens with two attached hydrogens (primary N) is 1. The predicted molar refractivity (Wildman–Crippen MR) is 74.2 cm³/mol. The topological polar surface area (TPSA) is 46.3 Å². The van der Waals surface area contributed by atoms with E-state index in [1.54, 1.807) is 0 Å². The van der Waals surface area contributed by atoms with Crippen molar-refractivity contribution in [3.63, 3.8) is 0 Å². The molecule has 0 saturated carbocycles. The van der Waals surface area contributed by atoms with Crippen molar-refractivity contribution >= 4 is 11.6 Å². The van der Waals surface area contributed by atoms with Crippen LogP contribution in [-0.4, -0.2) is 23.9 Å². The highest BCUT2D eigenvalue weighted by molar-refractivity contribution is 5.76. The second-order valence-electron chi connectivity index (χ2n) is 5.04. The van der Waals surface area contributed by atoms with Crippen molar-refractivity contribution in [3.05, 3.63) is 29.8 Å². The van der Waals surface area contributed by atoms with Gasteiger partial charge < -0.3 is 10.6 Å². The molecule has 3 nitrogen and oxygen atoms in total. The van der Waals surface area contributed by atoms with Crippen LogP contribution < -0.4 is 5.73 Å². The first-order chi connectivity index (χ1) is 8.75. The van der Waals surface area contributed by atoms with Crippen LogP contribution in [0.2, 0.25) is 0 Å². The first-order valence-electron chi connectivity index (χ1n) is 6.88. The molecular formula is C15H22N2O. The molecule has 1 aliphatic rings. The molecule has 2 N–H and O–H groups in total. The summed E-state index contributed by atoms with van der Waals surface area (Å²) in [5, 5.41) is 0. The van der Waals surface area contributed by atoms with Crippen molar-refractivity contribution in [2.45, 2.75) is 38.5 Å². The molecule has 18 heavy (non-hydrogen) atoms. The van der Waals surface area contributed by atoms with Crippen molar-refractivity contribution in [1.29, 1.82) is 0 Å². The van der Waals surface area contributed by atoms with Gasteiger partial charge in [0.2, 0.25) is 5.91 Å². The van der Waals surface area contributed by atoms with Crippen molar-refractivity contribution in [2.24, 2.45) is 0 Å². The van der Waals surface area contributed by atoms with E-state index >= 15 is 0 Å². The summed E-state index contributed by atoms with van der Waals surface area (Å²) in [5.41, 5.74) is 7.60. The summed E-state index contributed by atoms with van der Waals surface area (Å²) in [6.07, 6.45) is 6.28. The number of amides is 1. The molecule has 98 valence electrons. The van der Waals surface area contributed by atoms with E-state index in [1.165, 1.54) is 18.4 Å². The smallest absolute Gasteiger partial charge is 0.222 e. The lowest BCUT2D eigenvalue weighted by Crippen LogP contribution is -2.31. The number of aryl methyl sites for hydroxylation is 1. The molecule has 0 spiro atoms. The zero-order valence-corrected chi connectivity index (χ0v) is 10.9. The Bertz CT molecular complexity index is 378. The minimum atomic E-state index is 0.300. The average molecular weight is 246 g/mol. The monoisotopic (exact) mass is 246 g/mol. The highest BCUT2D eigenvalue weighted by Crippen LogP contribution is 2.13. The summed E-state index contributed by atoms with van der Waals surface area (Å²) in [6, 6.07) is 7.80. The number of hydrogen-bond donors (Lipinski definition) is 1. The lowest BCUT2D eigenvalue weighted by molar-refractivity contribution is -0.131. The minimum absolute atomic E-state index is 0.300. The molecule has 0 aromatic heterocycles. The van der Waals surface area contributed by atoms with Gasteiger partial charge in [-0.05, 0) is 37.0 Å². The molecular weight excluding hydrogens is 224 g/mol. The van der Waals surface area contributed by atoms with Crippen LogP contribution >= 0.6 is 0 Å². The first-order valence-corrected chi connectivity index (χ1v) is 6.88. The first kappa shape index (κ1) is 12.9. The Morgan fingerprint density at radius 2 is 1.67 bits per heavy atom. The second kappa shape index (κ2) is 6.43. The summed E-state index contributed by atoms with van der Waals surface area (Å²) >= 11 is 0. The molecule has 0 unspecified atom stereocenters. The third kappa shape index (κ3) is 3.76. The van der Waals surface area contributed by atoms with Crippen LogP contribution in [0.25, 0.3) is 0 Å². The molecule has 1 amide bonds. The number of nitrogen functional groups attached to an aromatic ring is 1. The van der Waals surface area contributed by atoms with E-state index in [9.17, 15) is 4.79 Å². The Kier molecular flexibility index (Phi) is 4.62. The average Bonchev–Trinajstić information content (AvgIpc) is 2.66. The maximum absolute atomic E-state index is 12.1. The standard InChI is InChI=1S/C15H22N2O/c16-14-8-5-13(6-9-14)7-10-15(18)17-11-3-1-2-4-12-17/h5-6,8-9H,1-4,7,10-12,16H2. The number of nitrogens with zero attached hydrogens (tertiary/aromatic N) is 1. The van der Waals surface area contributed by atoms with Crippen LogP contribution in [-0.2, 0) is 11.2 Å². The molecule has 0 aliphatic carbocycles. The van der Waals surface area contributed by atoms with Gasteiger partial charge in [-0.25, -0.2) is 0 Å². The summed E-state index contributed by atoms with van der Waals surface area (Å²) in [5.74, 6) is 0.300. The number of carbonyl (C=O) groups is 1. The Morgan fingerprint density at radius 1 is 1.06 bits per heavy atom. The number of rotatable bonds is 3. The van der Waals surface area contributed by atoms with E-state index in [1.807, 2.05) is 29.2 Å². The molecule has 0 radical (unpaired) electrons. The van der Waals surface area contributed by atoms with Gasteiger partial charge in [0.1, 0.15) is 0 Å². The van der Waals surface area contributed by atoms with Crippen LogP contribution in [0.15, 0.2) is 24.3 Å².